The van der Waals surface area contributed by atoms with E-state index in [9.17, 15) is 0 Å². The van der Waals surface area contributed by atoms with Gasteiger partial charge in [-0.15, -0.1) is 6.58 Å². The Bertz CT molecular complexity index is 151. The smallest absolute Gasteiger partial charge is 0.0353 e. The highest BCUT2D eigenvalue weighted by atomic mass is 14.0. The van der Waals surface area contributed by atoms with Crippen molar-refractivity contribution in [1.29, 1.82) is 0 Å². The second kappa shape index (κ2) is 20.7. The maximum absolute atomic E-state index is 3.69. The molecular weight excluding hydrogens is 264 g/mol. The van der Waals surface area contributed by atoms with Gasteiger partial charge in [-0.3, -0.25) is 0 Å². The van der Waals surface area contributed by atoms with Crippen molar-refractivity contribution in [1.82, 2.24) is 0 Å². The minimum atomic E-state index is 1.20. The van der Waals surface area contributed by atoms with Crippen molar-refractivity contribution in [2.24, 2.45) is 0 Å². The molecule has 0 spiro atoms. The molecule has 0 bridgehead atoms. The molecule has 0 nitrogen and oxygen atoms in total. The summed E-state index contributed by atoms with van der Waals surface area (Å²) in [5.74, 6) is 0. The van der Waals surface area contributed by atoms with Crippen molar-refractivity contribution in [2.75, 3.05) is 0 Å². The molecule has 0 atom stereocenters. The van der Waals surface area contributed by atoms with Crippen molar-refractivity contribution in [2.45, 2.75) is 129 Å². The van der Waals surface area contributed by atoms with Crippen LogP contribution in [-0.2, 0) is 0 Å². The molecule has 0 unspecified atom stereocenters. The van der Waals surface area contributed by atoms with Gasteiger partial charge in [0.05, 0.1) is 0 Å². The van der Waals surface area contributed by atoms with Crippen molar-refractivity contribution < 1.29 is 0 Å². The van der Waals surface area contributed by atoms with Gasteiger partial charge in [0.1, 0.15) is 0 Å². The molecule has 1 saturated carbocycles. The first-order chi connectivity index (χ1) is 10.9. The summed E-state index contributed by atoms with van der Waals surface area (Å²) >= 11 is 0. The first-order valence-electron chi connectivity index (χ1n) is 10.5. The Hall–Kier alpha value is -0.260. The van der Waals surface area contributed by atoms with E-state index in [-0.39, 0.29) is 0 Å². The highest BCUT2D eigenvalue weighted by Crippen LogP contribution is 2.15. The maximum atomic E-state index is 3.69. The van der Waals surface area contributed by atoms with Gasteiger partial charge in [-0.25, -0.2) is 0 Å². The lowest BCUT2D eigenvalue weighted by Gasteiger charge is -2.05. The van der Waals surface area contributed by atoms with Crippen LogP contribution in [0, 0.1) is 0 Å². The summed E-state index contributed by atoms with van der Waals surface area (Å²) < 4.78 is 0. The number of hydrogen-bond donors (Lipinski definition) is 0. The van der Waals surface area contributed by atoms with Crippen LogP contribution in [0.4, 0.5) is 0 Å². The Morgan fingerprint density at radius 2 is 0.864 bits per heavy atom. The van der Waals surface area contributed by atoms with Crippen LogP contribution < -0.4 is 0 Å². The molecule has 132 valence electrons. The van der Waals surface area contributed by atoms with E-state index in [0.717, 1.165) is 0 Å². The molecule has 0 heteroatoms. The number of unbranched alkanes of at least 4 members (excludes halogenated alkanes) is 6. The summed E-state index contributed by atoms with van der Waals surface area (Å²) in [7, 11) is 0. The third kappa shape index (κ3) is 19.7. The standard InChI is InChI=1S/C12H24.C10H20/c1-2-4-6-8-10-12-11-9-7-5-3-1;1-3-5-7-9-10-8-6-4-2/h1-12H2;3H,1,4-10H2,2H3. The first kappa shape index (κ1) is 21.7. The fourth-order valence-electron chi connectivity index (χ4n) is 3.19. The molecule has 0 aromatic carbocycles. The van der Waals surface area contributed by atoms with Gasteiger partial charge in [-0.2, -0.15) is 0 Å². The molecule has 1 fully saturated rings. The minimum Gasteiger partial charge on any atom is -0.103 e. The van der Waals surface area contributed by atoms with E-state index < -0.39 is 0 Å². The van der Waals surface area contributed by atoms with Crippen LogP contribution in [-0.4, -0.2) is 0 Å². The summed E-state index contributed by atoms with van der Waals surface area (Å²) in [6.07, 6.45) is 29.6. The molecule has 0 aliphatic heterocycles. The van der Waals surface area contributed by atoms with Gasteiger partial charge in [0.2, 0.25) is 0 Å². The Balaban J connectivity index is 0.000000409. The number of allylic oxidation sites excluding steroid dienone is 1. The first-order valence-corrected chi connectivity index (χ1v) is 10.5. The van der Waals surface area contributed by atoms with Gasteiger partial charge in [-0.05, 0) is 12.8 Å². The Labute approximate surface area is 142 Å². The van der Waals surface area contributed by atoms with E-state index >= 15 is 0 Å². The molecular formula is C22H44. The largest absolute Gasteiger partial charge is 0.103 e. The van der Waals surface area contributed by atoms with Crippen LogP contribution in [0.25, 0.3) is 0 Å². The van der Waals surface area contributed by atoms with Crippen LogP contribution in [0.1, 0.15) is 129 Å². The number of rotatable bonds is 7. The minimum absolute atomic E-state index is 1.20. The van der Waals surface area contributed by atoms with Gasteiger partial charge in [-0.1, -0.05) is 122 Å². The fraction of sp³-hybridized carbons (Fsp3) is 0.909. The Morgan fingerprint density at radius 1 is 0.545 bits per heavy atom. The zero-order valence-corrected chi connectivity index (χ0v) is 15.7. The van der Waals surface area contributed by atoms with E-state index in [2.05, 4.69) is 13.5 Å². The molecule has 1 rings (SSSR count). The normalized spacial score (nSPS) is 17.5. The predicted octanol–water partition coefficient (Wildman–Crippen LogP) is 8.60. The highest BCUT2D eigenvalue weighted by Gasteiger charge is 1.96. The van der Waals surface area contributed by atoms with Gasteiger partial charge < -0.3 is 0 Å². The second-order valence-electron chi connectivity index (χ2n) is 7.09. The summed E-state index contributed by atoms with van der Waals surface area (Å²) in [4.78, 5) is 0. The monoisotopic (exact) mass is 308 g/mol. The third-order valence-electron chi connectivity index (χ3n) is 4.76. The average Bonchev–Trinajstić information content (AvgIpc) is 2.52. The Kier molecular flexibility index (Phi) is 20.5. The maximum Gasteiger partial charge on any atom is -0.0353 e. The molecule has 0 aromatic heterocycles. The van der Waals surface area contributed by atoms with Crippen LogP contribution in [0.2, 0.25) is 0 Å². The van der Waals surface area contributed by atoms with E-state index in [1.807, 2.05) is 6.08 Å². The van der Waals surface area contributed by atoms with Crippen molar-refractivity contribution in [3.63, 3.8) is 0 Å². The Morgan fingerprint density at radius 3 is 1.18 bits per heavy atom. The quantitative estimate of drug-likeness (QED) is 0.326. The average molecular weight is 309 g/mol. The van der Waals surface area contributed by atoms with E-state index in [1.54, 1.807) is 0 Å². The second-order valence-corrected chi connectivity index (χ2v) is 7.09. The molecule has 1 aliphatic rings. The summed E-state index contributed by atoms with van der Waals surface area (Å²) in [5, 5.41) is 0. The lowest BCUT2D eigenvalue weighted by molar-refractivity contribution is 0.504. The molecule has 0 N–H and O–H groups in total. The predicted molar refractivity (Wildman–Crippen MR) is 104 cm³/mol. The summed E-state index contributed by atoms with van der Waals surface area (Å²) in [5.41, 5.74) is 0. The van der Waals surface area contributed by atoms with Gasteiger partial charge >= 0.3 is 0 Å². The SMILES string of the molecule is C1CCCCCCCCCCC1.C=CCCCCCCCC. The van der Waals surface area contributed by atoms with Gasteiger partial charge in [0.25, 0.3) is 0 Å². The van der Waals surface area contributed by atoms with E-state index in [1.165, 1.54) is 122 Å². The van der Waals surface area contributed by atoms with Crippen LogP contribution >= 0.6 is 0 Å². The molecule has 0 aromatic rings. The summed E-state index contributed by atoms with van der Waals surface area (Å²) in [6, 6.07) is 0. The summed E-state index contributed by atoms with van der Waals surface area (Å²) in [6.45, 7) is 5.95. The topological polar surface area (TPSA) is 0 Å². The lowest BCUT2D eigenvalue weighted by Crippen LogP contribution is -1.85. The van der Waals surface area contributed by atoms with Crippen molar-refractivity contribution >= 4 is 0 Å². The fourth-order valence-corrected chi connectivity index (χ4v) is 3.19. The van der Waals surface area contributed by atoms with Crippen molar-refractivity contribution in [3.05, 3.63) is 12.7 Å². The molecule has 0 heterocycles. The zero-order chi connectivity index (χ0) is 16.1. The zero-order valence-electron chi connectivity index (χ0n) is 15.7. The molecule has 0 amide bonds. The van der Waals surface area contributed by atoms with Gasteiger partial charge in [0, 0.05) is 0 Å². The molecule has 22 heavy (non-hydrogen) atoms. The van der Waals surface area contributed by atoms with E-state index in [4.69, 9.17) is 0 Å². The lowest BCUT2D eigenvalue weighted by atomic mass is 10.0. The molecule has 1 aliphatic carbocycles. The number of hydrogen-bond acceptors (Lipinski definition) is 0. The van der Waals surface area contributed by atoms with Crippen LogP contribution in [0.3, 0.4) is 0 Å². The van der Waals surface area contributed by atoms with Crippen LogP contribution in [0.15, 0.2) is 12.7 Å². The highest BCUT2D eigenvalue weighted by molar-refractivity contribution is 4.65. The molecule has 0 radical (unpaired) electrons. The third-order valence-corrected chi connectivity index (χ3v) is 4.76. The van der Waals surface area contributed by atoms with Crippen molar-refractivity contribution in [3.8, 4) is 0 Å². The molecule has 0 saturated heterocycles. The van der Waals surface area contributed by atoms with Gasteiger partial charge in [0.15, 0.2) is 0 Å². The van der Waals surface area contributed by atoms with Crippen LogP contribution in [0.5, 0.6) is 0 Å². The van der Waals surface area contributed by atoms with E-state index in [0.29, 0.717) is 0 Å².